The molecule has 2 N–H and O–H groups in total. The second-order valence-corrected chi connectivity index (χ2v) is 10.8. The van der Waals surface area contributed by atoms with E-state index in [9.17, 15) is 14.0 Å². The van der Waals surface area contributed by atoms with Crippen molar-refractivity contribution < 1.29 is 18.7 Å². The molecular formula is C32H36FN3O3. The molecule has 1 aliphatic heterocycles. The summed E-state index contributed by atoms with van der Waals surface area (Å²) in [6.45, 7) is 2.15. The monoisotopic (exact) mass is 529 g/mol. The van der Waals surface area contributed by atoms with E-state index in [2.05, 4.69) is 15.5 Å². The third kappa shape index (κ3) is 7.24. The highest BCUT2D eigenvalue weighted by Crippen LogP contribution is 2.35. The highest BCUT2D eigenvalue weighted by molar-refractivity contribution is 5.92. The molecule has 1 unspecified atom stereocenters. The van der Waals surface area contributed by atoms with Crippen LogP contribution in [-0.2, 0) is 17.6 Å². The second kappa shape index (κ2) is 12.4. The Morgan fingerprint density at radius 2 is 1.67 bits per heavy atom. The number of hydrogen-bond donors (Lipinski definition) is 2. The SMILES string of the molecule is O=C(Nc1ccc(C(=O)OCCc2ccccc2)cc1)NC1(CN2CCCC2Cc2ccc(F)cc2)CCC1. The van der Waals surface area contributed by atoms with Gasteiger partial charge in [-0.2, -0.15) is 0 Å². The Morgan fingerprint density at radius 1 is 0.923 bits per heavy atom. The Labute approximate surface area is 229 Å². The minimum atomic E-state index is -0.379. The van der Waals surface area contributed by atoms with Crippen molar-refractivity contribution in [1.82, 2.24) is 10.2 Å². The fraction of sp³-hybridized carbons (Fsp3) is 0.375. The van der Waals surface area contributed by atoms with Crippen LogP contribution in [0.1, 0.15) is 53.6 Å². The van der Waals surface area contributed by atoms with E-state index in [0.29, 0.717) is 30.3 Å². The number of ether oxygens (including phenoxy) is 1. The Hall–Kier alpha value is -3.71. The summed E-state index contributed by atoms with van der Waals surface area (Å²) in [7, 11) is 0. The van der Waals surface area contributed by atoms with Gasteiger partial charge in [0.1, 0.15) is 5.82 Å². The number of esters is 1. The van der Waals surface area contributed by atoms with Gasteiger partial charge in [0.15, 0.2) is 0 Å². The van der Waals surface area contributed by atoms with Crippen LogP contribution in [0.25, 0.3) is 0 Å². The number of nitrogens with zero attached hydrogens (tertiary/aromatic N) is 1. The molecule has 3 aromatic carbocycles. The molecule has 1 saturated heterocycles. The van der Waals surface area contributed by atoms with Crippen LogP contribution in [0.4, 0.5) is 14.9 Å². The minimum absolute atomic E-state index is 0.209. The zero-order chi connectivity index (χ0) is 27.1. The van der Waals surface area contributed by atoms with Gasteiger partial charge in [-0.05, 0) is 92.6 Å². The van der Waals surface area contributed by atoms with Gasteiger partial charge in [-0.3, -0.25) is 4.90 Å². The number of rotatable bonds is 10. The number of urea groups is 1. The topological polar surface area (TPSA) is 70.7 Å². The first-order valence-corrected chi connectivity index (χ1v) is 13.9. The predicted octanol–water partition coefficient (Wildman–Crippen LogP) is 5.98. The van der Waals surface area contributed by atoms with Crippen LogP contribution < -0.4 is 10.6 Å². The van der Waals surface area contributed by atoms with Gasteiger partial charge >= 0.3 is 12.0 Å². The van der Waals surface area contributed by atoms with Crippen LogP contribution in [-0.4, -0.2) is 48.2 Å². The van der Waals surface area contributed by atoms with Crippen molar-refractivity contribution in [3.63, 3.8) is 0 Å². The lowest BCUT2D eigenvalue weighted by molar-refractivity contribution is 0.0509. The van der Waals surface area contributed by atoms with E-state index in [4.69, 9.17) is 4.74 Å². The number of carbonyl (C=O) groups excluding carboxylic acids is 2. The molecule has 1 atom stereocenters. The number of anilines is 1. The molecule has 2 fully saturated rings. The van der Waals surface area contributed by atoms with Crippen molar-refractivity contribution in [2.45, 2.75) is 56.5 Å². The summed E-state index contributed by atoms with van der Waals surface area (Å²) in [4.78, 5) is 27.8. The molecule has 2 amide bonds. The molecule has 0 aromatic heterocycles. The lowest BCUT2D eigenvalue weighted by Crippen LogP contribution is -2.61. The van der Waals surface area contributed by atoms with E-state index in [1.165, 1.54) is 12.1 Å². The third-order valence-corrected chi connectivity index (χ3v) is 7.92. The highest BCUT2D eigenvalue weighted by Gasteiger charge is 2.42. The number of benzene rings is 3. The lowest BCUT2D eigenvalue weighted by atomic mass is 9.76. The van der Waals surface area contributed by atoms with Crippen LogP contribution in [0, 0.1) is 5.82 Å². The molecule has 3 aromatic rings. The molecule has 1 saturated carbocycles. The summed E-state index contributed by atoms with van der Waals surface area (Å²) >= 11 is 0. The van der Waals surface area contributed by atoms with Crippen LogP contribution in [0.15, 0.2) is 78.9 Å². The highest BCUT2D eigenvalue weighted by atomic mass is 19.1. The molecule has 5 rings (SSSR count). The molecule has 1 heterocycles. The zero-order valence-corrected chi connectivity index (χ0v) is 22.2. The van der Waals surface area contributed by atoms with Crippen molar-refractivity contribution >= 4 is 17.7 Å². The first kappa shape index (κ1) is 26.9. The van der Waals surface area contributed by atoms with Gasteiger partial charge in [0.25, 0.3) is 0 Å². The molecule has 0 bridgehead atoms. The molecule has 6 nitrogen and oxygen atoms in total. The maximum atomic E-state index is 13.3. The number of carbonyl (C=O) groups is 2. The summed E-state index contributed by atoms with van der Waals surface area (Å²) < 4.78 is 18.7. The van der Waals surface area contributed by atoms with Gasteiger partial charge in [-0.15, -0.1) is 0 Å². The number of halogens is 1. The van der Waals surface area contributed by atoms with E-state index in [-0.39, 0.29) is 23.4 Å². The smallest absolute Gasteiger partial charge is 0.338 e. The summed E-state index contributed by atoms with van der Waals surface area (Å²) in [6.07, 6.45) is 6.80. The summed E-state index contributed by atoms with van der Waals surface area (Å²) in [5, 5.41) is 6.17. The fourth-order valence-corrected chi connectivity index (χ4v) is 5.62. The van der Waals surface area contributed by atoms with Crippen LogP contribution >= 0.6 is 0 Å². The predicted molar refractivity (Wildman–Crippen MR) is 150 cm³/mol. The van der Waals surface area contributed by atoms with Crippen molar-refractivity contribution in [3.05, 3.63) is 101 Å². The number of amides is 2. The largest absolute Gasteiger partial charge is 0.462 e. The standard InChI is InChI=1S/C32H36FN3O3/c33-27-13-9-25(10-14-27)22-29-8-4-20-36(29)23-32(18-5-19-32)35-31(38)34-28-15-11-26(12-16-28)30(37)39-21-17-24-6-2-1-3-7-24/h1-3,6-7,9-16,29H,4-5,8,17-23H2,(H2,34,35,38). The van der Waals surface area contributed by atoms with Crippen molar-refractivity contribution in [1.29, 1.82) is 0 Å². The van der Waals surface area contributed by atoms with Gasteiger partial charge in [-0.1, -0.05) is 42.5 Å². The molecule has 0 spiro atoms. The van der Waals surface area contributed by atoms with Gasteiger partial charge in [-0.25, -0.2) is 14.0 Å². The van der Waals surface area contributed by atoms with Gasteiger partial charge in [0, 0.05) is 24.7 Å². The van der Waals surface area contributed by atoms with Crippen LogP contribution in [0.5, 0.6) is 0 Å². The average Bonchev–Trinajstić information content (AvgIpc) is 3.35. The summed E-state index contributed by atoms with van der Waals surface area (Å²) in [5.41, 5.74) is 3.10. The first-order chi connectivity index (χ1) is 19.0. The van der Waals surface area contributed by atoms with E-state index in [1.54, 1.807) is 24.3 Å². The van der Waals surface area contributed by atoms with Crippen LogP contribution in [0.2, 0.25) is 0 Å². The Kier molecular flexibility index (Phi) is 8.57. The van der Waals surface area contributed by atoms with Crippen molar-refractivity contribution in [2.24, 2.45) is 0 Å². The molecule has 204 valence electrons. The third-order valence-electron chi connectivity index (χ3n) is 7.92. The minimum Gasteiger partial charge on any atom is -0.462 e. The quantitative estimate of drug-likeness (QED) is 0.317. The molecule has 2 aliphatic rings. The van der Waals surface area contributed by atoms with E-state index < -0.39 is 0 Å². The van der Waals surface area contributed by atoms with Crippen molar-refractivity contribution in [3.8, 4) is 0 Å². The molecular weight excluding hydrogens is 493 g/mol. The number of nitrogens with one attached hydrogen (secondary N) is 2. The molecule has 0 radical (unpaired) electrons. The maximum Gasteiger partial charge on any atom is 0.338 e. The van der Waals surface area contributed by atoms with Gasteiger partial charge in [0.2, 0.25) is 0 Å². The van der Waals surface area contributed by atoms with Gasteiger partial charge in [0.05, 0.1) is 17.7 Å². The normalized spacial score (nSPS) is 18.2. The van der Waals surface area contributed by atoms with Crippen molar-refractivity contribution in [2.75, 3.05) is 25.0 Å². The van der Waals surface area contributed by atoms with E-state index in [0.717, 1.165) is 62.7 Å². The zero-order valence-electron chi connectivity index (χ0n) is 22.2. The van der Waals surface area contributed by atoms with E-state index >= 15 is 0 Å². The molecule has 39 heavy (non-hydrogen) atoms. The number of likely N-dealkylation sites (tertiary alicyclic amines) is 1. The molecule has 1 aliphatic carbocycles. The van der Waals surface area contributed by atoms with Gasteiger partial charge < -0.3 is 15.4 Å². The summed E-state index contributed by atoms with van der Waals surface area (Å²) in [5.74, 6) is -0.588. The Balaban J connectivity index is 1.10. The fourth-order valence-electron chi connectivity index (χ4n) is 5.62. The first-order valence-electron chi connectivity index (χ1n) is 13.9. The maximum absolute atomic E-state index is 13.3. The molecule has 7 heteroatoms. The number of hydrogen-bond acceptors (Lipinski definition) is 4. The Morgan fingerprint density at radius 3 is 2.36 bits per heavy atom. The second-order valence-electron chi connectivity index (χ2n) is 10.8. The van der Waals surface area contributed by atoms with E-state index in [1.807, 2.05) is 42.5 Å². The van der Waals surface area contributed by atoms with Crippen LogP contribution in [0.3, 0.4) is 0 Å². The lowest BCUT2D eigenvalue weighted by Gasteiger charge is -2.46. The average molecular weight is 530 g/mol. The summed E-state index contributed by atoms with van der Waals surface area (Å²) in [6, 6.07) is 23.6. The Bertz CT molecular complexity index is 1240.